The van der Waals surface area contributed by atoms with E-state index < -0.39 is 5.54 Å². The van der Waals surface area contributed by atoms with Gasteiger partial charge in [-0.2, -0.15) is 0 Å². The minimum Gasteiger partial charge on any atom is -0.340 e. The van der Waals surface area contributed by atoms with Gasteiger partial charge in [0.25, 0.3) is 0 Å². The van der Waals surface area contributed by atoms with Crippen LogP contribution in [0.1, 0.15) is 19.4 Å². The number of hydrogen-bond acceptors (Lipinski definition) is 3. The fourth-order valence-electron chi connectivity index (χ4n) is 1.27. The van der Waals surface area contributed by atoms with E-state index in [1.165, 1.54) is 0 Å². The molecule has 0 aliphatic heterocycles. The summed E-state index contributed by atoms with van der Waals surface area (Å²) in [6.45, 7) is 4.03. The first-order valence-corrected chi connectivity index (χ1v) is 6.25. The highest BCUT2D eigenvalue weighted by atomic mass is 79.9. The number of carbonyl (C=O) groups excluding carboxylic acids is 1. The van der Waals surface area contributed by atoms with Gasteiger partial charge in [0.05, 0.1) is 9.33 Å². The minimum absolute atomic E-state index is 0.0511. The molecule has 0 unspecified atom stereocenters. The molecule has 3 nitrogen and oxygen atoms in total. The van der Waals surface area contributed by atoms with Crippen molar-refractivity contribution >= 4 is 33.2 Å². The second kappa shape index (κ2) is 4.63. The van der Waals surface area contributed by atoms with E-state index in [4.69, 9.17) is 5.73 Å². The molecule has 1 rings (SSSR count). The summed E-state index contributed by atoms with van der Waals surface area (Å²) in [4.78, 5) is 13.4. The zero-order valence-corrected chi connectivity index (χ0v) is 11.5. The van der Waals surface area contributed by atoms with Gasteiger partial charge >= 0.3 is 0 Å². The van der Waals surface area contributed by atoms with Crippen LogP contribution in [0.5, 0.6) is 0 Å². The molecular weight excluding hydrogens is 276 g/mol. The van der Waals surface area contributed by atoms with Crippen LogP contribution in [-0.4, -0.2) is 23.4 Å². The van der Waals surface area contributed by atoms with Crippen LogP contribution in [0.25, 0.3) is 0 Å². The summed E-state index contributed by atoms with van der Waals surface area (Å²) in [6, 6.07) is 2.01. The van der Waals surface area contributed by atoms with Gasteiger partial charge in [0.15, 0.2) is 0 Å². The number of carbonyl (C=O) groups is 1. The van der Waals surface area contributed by atoms with Crippen LogP contribution in [0.2, 0.25) is 0 Å². The Balaban J connectivity index is 2.64. The standard InChI is InChI=1S/C10H15BrN2OS/c1-10(2,12)9(14)13(3)5-7-4-8(11)15-6-7/h4,6H,5,12H2,1-3H3. The van der Waals surface area contributed by atoms with E-state index in [1.54, 1.807) is 37.1 Å². The predicted octanol–water partition coefficient (Wildman–Crippen LogP) is 2.21. The largest absolute Gasteiger partial charge is 0.340 e. The van der Waals surface area contributed by atoms with Crippen molar-refractivity contribution in [2.45, 2.75) is 25.9 Å². The topological polar surface area (TPSA) is 46.3 Å². The fourth-order valence-corrected chi connectivity index (χ4v) is 2.47. The Morgan fingerprint density at radius 2 is 2.27 bits per heavy atom. The van der Waals surface area contributed by atoms with Crippen LogP contribution in [0.15, 0.2) is 15.2 Å². The van der Waals surface area contributed by atoms with Gasteiger partial charge in [-0.25, -0.2) is 0 Å². The van der Waals surface area contributed by atoms with Gasteiger partial charge < -0.3 is 10.6 Å². The number of thiophene rings is 1. The van der Waals surface area contributed by atoms with E-state index in [-0.39, 0.29) is 5.91 Å². The first-order chi connectivity index (χ1) is 6.80. The third-order valence-electron chi connectivity index (χ3n) is 1.94. The average molecular weight is 291 g/mol. The lowest BCUT2D eigenvalue weighted by atomic mass is 10.1. The van der Waals surface area contributed by atoms with Crippen molar-refractivity contribution in [1.82, 2.24) is 4.90 Å². The number of halogens is 1. The van der Waals surface area contributed by atoms with Crippen molar-refractivity contribution < 1.29 is 4.79 Å². The van der Waals surface area contributed by atoms with Crippen molar-refractivity contribution in [3.05, 3.63) is 20.8 Å². The SMILES string of the molecule is CN(Cc1csc(Br)c1)C(=O)C(C)(C)N. The quantitative estimate of drug-likeness (QED) is 0.928. The zero-order chi connectivity index (χ0) is 11.6. The van der Waals surface area contributed by atoms with Crippen molar-refractivity contribution in [3.8, 4) is 0 Å². The number of rotatable bonds is 3. The lowest BCUT2D eigenvalue weighted by Crippen LogP contribution is -2.49. The number of likely N-dealkylation sites (N-methyl/N-ethyl adjacent to an activating group) is 1. The number of amides is 1. The zero-order valence-electron chi connectivity index (χ0n) is 9.08. The highest BCUT2D eigenvalue weighted by Gasteiger charge is 2.25. The van der Waals surface area contributed by atoms with Gasteiger partial charge in [0.1, 0.15) is 0 Å². The van der Waals surface area contributed by atoms with E-state index in [0.29, 0.717) is 6.54 Å². The normalized spacial score (nSPS) is 11.5. The molecule has 84 valence electrons. The molecule has 0 spiro atoms. The van der Waals surface area contributed by atoms with Crippen molar-refractivity contribution in [3.63, 3.8) is 0 Å². The van der Waals surface area contributed by atoms with Gasteiger partial charge in [0, 0.05) is 13.6 Å². The number of nitrogens with two attached hydrogens (primary N) is 1. The Bertz CT molecular complexity index is 357. The van der Waals surface area contributed by atoms with E-state index in [1.807, 2.05) is 11.4 Å². The Morgan fingerprint density at radius 3 is 2.67 bits per heavy atom. The summed E-state index contributed by atoms with van der Waals surface area (Å²) in [5.41, 5.74) is 6.05. The van der Waals surface area contributed by atoms with Crippen LogP contribution >= 0.6 is 27.3 Å². The Morgan fingerprint density at radius 1 is 1.67 bits per heavy atom. The van der Waals surface area contributed by atoms with Crippen molar-refractivity contribution in [2.75, 3.05) is 7.05 Å². The molecule has 1 heterocycles. The number of nitrogens with zero attached hydrogens (tertiary/aromatic N) is 1. The van der Waals surface area contributed by atoms with Crippen molar-refractivity contribution in [1.29, 1.82) is 0 Å². The second-order valence-corrected chi connectivity index (χ2v) is 6.43. The molecule has 1 amide bonds. The molecule has 1 aromatic rings. The van der Waals surface area contributed by atoms with Crippen LogP contribution in [-0.2, 0) is 11.3 Å². The maximum absolute atomic E-state index is 11.8. The summed E-state index contributed by atoms with van der Waals surface area (Å²) in [5, 5.41) is 2.03. The molecule has 0 bridgehead atoms. The molecule has 0 aliphatic carbocycles. The molecule has 0 saturated heterocycles. The molecule has 2 N–H and O–H groups in total. The first-order valence-electron chi connectivity index (χ1n) is 4.58. The third-order valence-corrected chi connectivity index (χ3v) is 3.49. The lowest BCUT2D eigenvalue weighted by molar-refractivity contribution is -0.134. The summed E-state index contributed by atoms with van der Waals surface area (Å²) < 4.78 is 1.07. The van der Waals surface area contributed by atoms with Gasteiger partial charge in [-0.05, 0) is 46.8 Å². The molecule has 1 aromatic heterocycles. The highest BCUT2D eigenvalue weighted by molar-refractivity contribution is 9.11. The maximum atomic E-state index is 11.8. The maximum Gasteiger partial charge on any atom is 0.242 e. The second-order valence-electron chi connectivity index (χ2n) is 4.14. The Kier molecular flexibility index (Phi) is 3.92. The van der Waals surface area contributed by atoms with Gasteiger partial charge in [-0.3, -0.25) is 4.79 Å². The summed E-state index contributed by atoms with van der Waals surface area (Å²) >= 11 is 5.00. The van der Waals surface area contributed by atoms with E-state index in [9.17, 15) is 4.79 Å². The third kappa shape index (κ3) is 3.59. The van der Waals surface area contributed by atoms with Gasteiger partial charge in [-0.15, -0.1) is 11.3 Å². The Labute approximate surface area is 102 Å². The van der Waals surface area contributed by atoms with E-state index in [2.05, 4.69) is 15.9 Å². The van der Waals surface area contributed by atoms with Crippen LogP contribution < -0.4 is 5.73 Å². The molecule has 15 heavy (non-hydrogen) atoms. The molecule has 0 fully saturated rings. The molecule has 0 atom stereocenters. The fraction of sp³-hybridized carbons (Fsp3) is 0.500. The molecule has 5 heteroatoms. The molecule has 0 saturated carbocycles. The predicted molar refractivity (Wildman–Crippen MR) is 66.8 cm³/mol. The number of hydrogen-bond donors (Lipinski definition) is 1. The highest BCUT2D eigenvalue weighted by Crippen LogP contribution is 2.21. The molecule has 0 aromatic carbocycles. The summed E-state index contributed by atoms with van der Waals surface area (Å²) in [7, 11) is 1.77. The van der Waals surface area contributed by atoms with E-state index >= 15 is 0 Å². The molecule has 0 aliphatic rings. The van der Waals surface area contributed by atoms with Crippen molar-refractivity contribution in [2.24, 2.45) is 5.73 Å². The van der Waals surface area contributed by atoms with Crippen LogP contribution in [0.4, 0.5) is 0 Å². The summed E-state index contributed by atoms with van der Waals surface area (Å²) in [5.74, 6) is -0.0511. The van der Waals surface area contributed by atoms with Crippen LogP contribution in [0, 0.1) is 0 Å². The summed E-state index contributed by atoms with van der Waals surface area (Å²) in [6.07, 6.45) is 0. The average Bonchev–Trinajstić information content (AvgIpc) is 2.48. The van der Waals surface area contributed by atoms with Gasteiger partial charge in [0.2, 0.25) is 5.91 Å². The van der Waals surface area contributed by atoms with Crippen LogP contribution in [0.3, 0.4) is 0 Å². The Hall–Kier alpha value is -0.390. The lowest BCUT2D eigenvalue weighted by Gasteiger charge is -2.25. The van der Waals surface area contributed by atoms with E-state index in [0.717, 1.165) is 9.35 Å². The monoisotopic (exact) mass is 290 g/mol. The molecule has 0 radical (unpaired) electrons. The smallest absolute Gasteiger partial charge is 0.242 e. The molecular formula is C10H15BrN2OS. The van der Waals surface area contributed by atoms with Gasteiger partial charge in [-0.1, -0.05) is 0 Å². The first kappa shape index (κ1) is 12.7. The minimum atomic E-state index is -0.804.